The van der Waals surface area contributed by atoms with Crippen LogP contribution in [0.3, 0.4) is 0 Å². The minimum absolute atomic E-state index is 0.0552. The number of hydrogen-bond donors (Lipinski definition) is 1. The molecule has 0 bridgehead atoms. The second kappa shape index (κ2) is 6.83. The van der Waals surface area contributed by atoms with Crippen LogP contribution in [0, 0.1) is 11.3 Å². The standard InChI is InChI=1S/C10H10ClN3O2S2/c1-3-6(9(15)16)18-8-5(4-12)7(11)13-10(14-8)17-2/h6H,3H2,1-2H3,(H,15,16). The first-order valence-electron chi connectivity index (χ1n) is 4.94. The highest BCUT2D eigenvalue weighted by atomic mass is 35.5. The van der Waals surface area contributed by atoms with Gasteiger partial charge in [0.2, 0.25) is 0 Å². The third kappa shape index (κ3) is 3.51. The number of hydrogen-bond acceptors (Lipinski definition) is 6. The molecule has 18 heavy (non-hydrogen) atoms. The number of carbonyl (C=O) groups is 1. The number of rotatable bonds is 5. The molecule has 1 aromatic rings. The number of nitriles is 1. The zero-order valence-electron chi connectivity index (χ0n) is 9.68. The van der Waals surface area contributed by atoms with Gasteiger partial charge in [0.05, 0.1) is 0 Å². The molecule has 0 radical (unpaired) electrons. The molecular formula is C10H10ClN3O2S2. The van der Waals surface area contributed by atoms with E-state index in [0.717, 1.165) is 11.8 Å². The SMILES string of the molecule is CCC(Sc1nc(SC)nc(Cl)c1C#N)C(=O)O. The smallest absolute Gasteiger partial charge is 0.317 e. The first-order chi connectivity index (χ1) is 8.53. The predicted octanol–water partition coefficient (Wildman–Crippen LogP) is 2.68. The maximum absolute atomic E-state index is 11.0. The second-order valence-electron chi connectivity index (χ2n) is 3.15. The van der Waals surface area contributed by atoms with Gasteiger partial charge in [0, 0.05) is 0 Å². The fourth-order valence-electron chi connectivity index (χ4n) is 1.11. The summed E-state index contributed by atoms with van der Waals surface area (Å²) in [6.45, 7) is 1.76. The van der Waals surface area contributed by atoms with Gasteiger partial charge in [-0.2, -0.15) is 5.26 Å². The van der Waals surface area contributed by atoms with Gasteiger partial charge >= 0.3 is 5.97 Å². The molecule has 1 aromatic heterocycles. The van der Waals surface area contributed by atoms with Crippen LogP contribution < -0.4 is 0 Å². The summed E-state index contributed by atoms with van der Waals surface area (Å²) in [6, 6.07) is 1.90. The van der Waals surface area contributed by atoms with Crippen LogP contribution in [0.25, 0.3) is 0 Å². The van der Waals surface area contributed by atoms with Crippen molar-refractivity contribution in [1.82, 2.24) is 9.97 Å². The van der Waals surface area contributed by atoms with E-state index in [1.807, 2.05) is 6.07 Å². The van der Waals surface area contributed by atoms with Crippen molar-refractivity contribution in [2.45, 2.75) is 28.8 Å². The van der Waals surface area contributed by atoms with Crippen molar-refractivity contribution in [3.63, 3.8) is 0 Å². The summed E-state index contributed by atoms with van der Waals surface area (Å²) in [6.07, 6.45) is 2.21. The van der Waals surface area contributed by atoms with E-state index < -0.39 is 11.2 Å². The van der Waals surface area contributed by atoms with Crippen molar-refractivity contribution in [2.75, 3.05) is 6.26 Å². The Morgan fingerprint density at radius 1 is 1.61 bits per heavy atom. The quantitative estimate of drug-likeness (QED) is 0.508. The number of aromatic nitrogens is 2. The van der Waals surface area contributed by atoms with Crippen LogP contribution in [0.15, 0.2) is 10.2 Å². The summed E-state index contributed by atoms with van der Waals surface area (Å²) in [5.41, 5.74) is 0.124. The molecule has 1 atom stereocenters. The summed E-state index contributed by atoms with van der Waals surface area (Å²) in [5, 5.41) is 18.1. The van der Waals surface area contributed by atoms with Crippen LogP contribution in [0.2, 0.25) is 5.15 Å². The van der Waals surface area contributed by atoms with E-state index in [2.05, 4.69) is 9.97 Å². The maximum Gasteiger partial charge on any atom is 0.317 e. The van der Waals surface area contributed by atoms with E-state index in [1.165, 1.54) is 11.8 Å². The Labute approximate surface area is 118 Å². The monoisotopic (exact) mass is 303 g/mol. The number of aliphatic carboxylic acids is 1. The van der Waals surface area contributed by atoms with E-state index >= 15 is 0 Å². The fraction of sp³-hybridized carbons (Fsp3) is 0.400. The molecule has 8 heteroatoms. The van der Waals surface area contributed by atoms with E-state index in [9.17, 15) is 4.79 Å². The first kappa shape index (κ1) is 15.1. The number of nitrogens with zero attached hydrogens (tertiary/aromatic N) is 3. The van der Waals surface area contributed by atoms with E-state index in [0.29, 0.717) is 16.6 Å². The molecule has 0 aliphatic rings. The van der Waals surface area contributed by atoms with Gasteiger partial charge in [0.1, 0.15) is 21.9 Å². The minimum Gasteiger partial charge on any atom is -0.480 e. The number of thioether (sulfide) groups is 2. The average molecular weight is 304 g/mol. The molecule has 0 aromatic carbocycles. The Balaban J connectivity index is 3.17. The second-order valence-corrected chi connectivity index (χ2v) is 5.47. The van der Waals surface area contributed by atoms with Crippen molar-refractivity contribution >= 4 is 41.1 Å². The summed E-state index contributed by atoms with van der Waals surface area (Å²) in [5.74, 6) is -0.938. The predicted molar refractivity (Wildman–Crippen MR) is 71.1 cm³/mol. The highest BCUT2D eigenvalue weighted by Crippen LogP contribution is 2.31. The van der Waals surface area contributed by atoms with Crippen molar-refractivity contribution in [3.05, 3.63) is 10.7 Å². The van der Waals surface area contributed by atoms with Crippen LogP contribution >= 0.6 is 35.1 Å². The van der Waals surface area contributed by atoms with E-state index in [4.69, 9.17) is 22.0 Å². The van der Waals surface area contributed by atoms with Crippen LogP contribution in [0.4, 0.5) is 0 Å². The molecule has 0 aliphatic heterocycles. The normalized spacial score (nSPS) is 11.9. The van der Waals surface area contributed by atoms with Crippen LogP contribution in [-0.4, -0.2) is 32.5 Å². The largest absolute Gasteiger partial charge is 0.480 e. The molecule has 96 valence electrons. The molecule has 1 unspecified atom stereocenters. The molecule has 0 aliphatic carbocycles. The molecule has 5 nitrogen and oxygen atoms in total. The van der Waals surface area contributed by atoms with Gasteiger partial charge in [0.25, 0.3) is 0 Å². The molecule has 1 N–H and O–H groups in total. The van der Waals surface area contributed by atoms with Gasteiger partial charge < -0.3 is 5.11 Å². The summed E-state index contributed by atoms with van der Waals surface area (Å²) in [4.78, 5) is 19.1. The average Bonchev–Trinajstić information content (AvgIpc) is 2.34. The van der Waals surface area contributed by atoms with Gasteiger partial charge in [-0.3, -0.25) is 4.79 Å². The summed E-state index contributed by atoms with van der Waals surface area (Å²) in [7, 11) is 0. The van der Waals surface area contributed by atoms with Crippen molar-refractivity contribution < 1.29 is 9.90 Å². The van der Waals surface area contributed by atoms with Crippen LogP contribution in [0.5, 0.6) is 0 Å². The van der Waals surface area contributed by atoms with Gasteiger partial charge in [0.15, 0.2) is 10.3 Å². The molecule has 1 rings (SSSR count). The molecule has 0 saturated heterocycles. The fourth-order valence-corrected chi connectivity index (χ4v) is 2.79. The van der Waals surface area contributed by atoms with Gasteiger partial charge in [-0.05, 0) is 12.7 Å². The Morgan fingerprint density at radius 2 is 2.28 bits per heavy atom. The number of carboxylic acids is 1. The topological polar surface area (TPSA) is 86.9 Å². The maximum atomic E-state index is 11.0. The van der Waals surface area contributed by atoms with Crippen molar-refractivity contribution in [3.8, 4) is 6.07 Å². The lowest BCUT2D eigenvalue weighted by atomic mass is 10.3. The van der Waals surface area contributed by atoms with Gasteiger partial charge in [-0.1, -0.05) is 42.0 Å². The Hall–Kier alpha value is -0.970. The van der Waals surface area contributed by atoms with Gasteiger partial charge in [-0.15, -0.1) is 0 Å². The van der Waals surface area contributed by atoms with E-state index in [1.54, 1.807) is 13.2 Å². The molecule has 0 amide bonds. The minimum atomic E-state index is -0.938. The Morgan fingerprint density at radius 3 is 2.72 bits per heavy atom. The van der Waals surface area contributed by atoms with Crippen LogP contribution in [-0.2, 0) is 4.79 Å². The number of halogens is 1. The lowest BCUT2D eigenvalue weighted by Crippen LogP contribution is -2.15. The molecule has 0 saturated carbocycles. The lowest BCUT2D eigenvalue weighted by molar-refractivity contribution is -0.136. The number of carboxylic acid groups (broad SMARTS) is 1. The molecule has 0 spiro atoms. The van der Waals surface area contributed by atoms with Gasteiger partial charge in [-0.25, -0.2) is 9.97 Å². The Kier molecular flexibility index (Phi) is 5.72. The Bertz CT molecular complexity index is 505. The highest BCUT2D eigenvalue weighted by molar-refractivity contribution is 8.00. The third-order valence-corrected chi connectivity index (χ3v) is 4.17. The molecular weight excluding hydrogens is 294 g/mol. The molecule has 1 heterocycles. The zero-order valence-corrected chi connectivity index (χ0v) is 12.1. The zero-order chi connectivity index (χ0) is 13.7. The van der Waals surface area contributed by atoms with Crippen molar-refractivity contribution in [2.24, 2.45) is 0 Å². The van der Waals surface area contributed by atoms with Crippen LogP contribution in [0.1, 0.15) is 18.9 Å². The van der Waals surface area contributed by atoms with E-state index in [-0.39, 0.29) is 10.7 Å². The third-order valence-electron chi connectivity index (χ3n) is 2.01. The van der Waals surface area contributed by atoms with Crippen molar-refractivity contribution in [1.29, 1.82) is 5.26 Å². The molecule has 0 fully saturated rings. The first-order valence-corrected chi connectivity index (χ1v) is 7.42. The summed E-state index contributed by atoms with van der Waals surface area (Å²) >= 11 is 8.18. The lowest BCUT2D eigenvalue weighted by Gasteiger charge is -2.10. The highest BCUT2D eigenvalue weighted by Gasteiger charge is 2.21. The summed E-state index contributed by atoms with van der Waals surface area (Å²) < 4.78 is 0.